The number of aromatic nitrogens is 2. The fourth-order valence-corrected chi connectivity index (χ4v) is 3.09. The predicted octanol–water partition coefficient (Wildman–Crippen LogP) is 3.57. The molecule has 0 saturated heterocycles. The first-order valence-electron chi connectivity index (χ1n) is 7.22. The van der Waals surface area contributed by atoms with Gasteiger partial charge >= 0.3 is 0 Å². The molecule has 0 aliphatic heterocycles. The second kappa shape index (κ2) is 6.98. The standard InChI is InChI=1S/C17H14ClN3O2S/c1-11-2-8-15(24-11)14-7-9-17(23)21(20-14)10-16(22)19-13-5-3-12(18)4-6-13/h2-9H,10H2,1H3,(H,19,22). The molecule has 3 rings (SSSR count). The zero-order valence-corrected chi connectivity index (χ0v) is 14.4. The highest BCUT2D eigenvalue weighted by atomic mass is 35.5. The molecule has 2 aromatic heterocycles. The predicted molar refractivity (Wildman–Crippen MR) is 96.6 cm³/mol. The molecule has 2 heterocycles. The van der Waals surface area contributed by atoms with Crippen molar-refractivity contribution in [2.24, 2.45) is 0 Å². The summed E-state index contributed by atoms with van der Waals surface area (Å²) in [6.45, 7) is 1.85. The minimum atomic E-state index is -0.327. The Balaban J connectivity index is 1.77. The molecule has 1 amide bonds. The fraction of sp³-hybridized carbons (Fsp3) is 0.118. The number of halogens is 1. The zero-order chi connectivity index (χ0) is 17.1. The van der Waals surface area contributed by atoms with Gasteiger partial charge in [0.1, 0.15) is 12.2 Å². The van der Waals surface area contributed by atoms with Crippen molar-refractivity contribution in [3.8, 4) is 10.6 Å². The van der Waals surface area contributed by atoms with E-state index in [-0.39, 0.29) is 18.0 Å². The van der Waals surface area contributed by atoms with Gasteiger partial charge in [-0.15, -0.1) is 11.3 Å². The van der Waals surface area contributed by atoms with Gasteiger partial charge in [-0.05, 0) is 49.4 Å². The number of anilines is 1. The molecule has 7 heteroatoms. The molecule has 0 aliphatic rings. The van der Waals surface area contributed by atoms with Crippen LogP contribution in [0.1, 0.15) is 4.88 Å². The van der Waals surface area contributed by atoms with Crippen LogP contribution in [0.5, 0.6) is 0 Å². The lowest BCUT2D eigenvalue weighted by atomic mass is 10.3. The van der Waals surface area contributed by atoms with Crippen molar-refractivity contribution in [2.45, 2.75) is 13.5 Å². The molecule has 0 spiro atoms. The molecule has 24 heavy (non-hydrogen) atoms. The number of nitrogens with one attached hydrogen (secondary N) is 1. The van der Waals surface area contributed by atoms with E-state index < -0.39 is 0 Å². The number of benzene rings is 1. The average molecular weight is 360 g/mol. The summed E-state index contributed by atoms with van der Waals surface area (Å²) in [6, 6.07) is 13.8. The SMILES string of the molecule is Cc1ccc(-c2ccc(=O)n(CC(=O)Nc3ccc(Cl)cc3)n2)s1. The van der Waals surface area contributed by atoms with Crippen LogP contribution in [-0.2, 0) is 11.3 Å². The third-order valence-corrected chi connectivity index (χ3v) is 4.56. The number of aryl methyl sites for hydroxylation is 1. The second-order valence-electron chi connectivity index (χ2n) is 5.18. The molecule has 122 valence electrons. The maximum atomic E-state index is 12.1. The highest BCUT2D eigenvalue weighted by Gasteiger charge is 2.09. The second-order valence-corrected chi connectivity index (χ2v) is 6.90. The lowest BCUT2D eigenvalue weighted by molar-refractivity contribution is -0.117. The molecule has 0 fully saturated rings. The molecule has 0 aliphatic carbocycles. The molecule has 0 atom stereocenters. The van der Waals surface area contributed by atoms with Crippen molar-refractivity contribution >= 4 is 34.5 Å². The maximum Gasteiger partial charge on any atom is 0.267 e. The molecule has 0 radical (unpaired) electrons. The Hall–Kier alpha value is -2.44. The van der Waals surface area contributed by atoms with Gasteiger partial charge in [-0.2, -0.15) is 5.10 Å². The van der Waals surface area contributed by atoms with E-state index in [9.17, 15) is 9.59 Å². The van der Waals surface area contributed by atoms with Gasteiger partial charge in [0.25, 0.3) is 5.56 Å². The van der Waals surface area contributed by atoms with Crippen molar-refractivity contribution in [1.82, 2.24) is 9.78 Å². The summed E-state index contributed by atoms with van der Waals surface area (Å²) < 4.78 is 1.16. The van der Waals surface area contributed by atoms with E-state index in [0.717, 1.165) is 14.4 Å². The third-order valence-electron chi connectivity index (χ3n) is 3.28. The van der Waals surface area contributed by atoms with Gasteiger partial charge in [0, 0.05) is 21.7 Å². The Kier molecular flexibility index (Phi) is 4.78. The van der Waals surface area contributed by atoms with E-state index in [1.807, 2.05) is 19.1 Å². The number of rotatable bonds is 4. The van der Waals surface area contributed by atoms with Gasteiger partial charge in [-0.1, -0.05) is 11.6 Å². The average Bonchev–Trinajstić information content (AvgIpc) is 2.98. The lowest BCUT2D eigenvalue weighted by Gasteiger charge is -2.07. The minimum absolute atomic E-state index is 0.153. The fourth-order valence-electron chi connectivity index (χ4n) is 2.14. The topological polar surface area (TPSA) is 64.0 Å². The molecule has 1 aromatic carbocycles. The number of hydrogen-bond donors (Lipinski definition) is 1. The number of amides is 1. The number of nitrogens with zero attached hydrogens (tertiary/aromatic N) is 2. The summed E-state index contributed by atoms with van der Waals surface area (Å²) >= 11 is 7.40. The summed E-state index contributed by atoms with van der Waals surface area (Å²) in [5, 5.41) is 7.59. The van der Waals surface area contributed by atoms with Crippen molar-refractivity contribution in [3.05, 3.63) is 68.8 Å². The van der Waals surface area contributed by atoms with Crippen LogP contribution in [0.4, 0.5) is 5.69 Å². The maximum absolute atomic E-state index is 12.1. The molecule has 0 bridgehead atoms. The van der Waals surface area contributed by atoms with Crippen LogP contribution in [0.15, 0.2) is 53.3 Å². The molecule has 1 N–H and O–H groups in total. The minimum Gasteiger partial charge on any atom is -0.324 e. The summed E-state index contributed by atoms with van der Waals surface area (Å²) in [6.07, 6.45) is 0. The number of carbonyl (C=O) groups is 1. The van der Waals surface area contributed by atoms with Gasteiger partial charge in [0.15, 0.2) is 0 Å². The van der Waals surface area contributed by atoms with E-state index in [1.165, 1.54) is 6.07 Å². The molecular formula is C17H14ClN3O2S. The van der Waals surface area contributed by atoms with Crippen LogP contribution >= 0.6 is 22.9 Å². The van der Waals surface area contributed by atoms with Crippen LogP contribution < -0.4 is 10.9 Å². The first-order chi connectivity index (χ1) is 11.5. The summed E-state index contributed by atoms with van der Waals surface area (Å²) in [7, 11) is 0. The smallest absolute Gasteiger partial charge is 0.267 e. The number of hydrogen-bond acceptors (Lipinski definition) is 4. The lowest BCUT2D eigenvalue weighted by Crippen LogP contribution is -2.29. The first-order valence-corrected chi connectivity index (χ1v) is 8.41. The van der Waals surface area contributed by atoms with Gasteiger partial charge in [-0.3, -0.25) is 9.59 Å². The van der Waals surface area contributed by atoms with E-state index in [0.29, 0.717) is 16.4 Å². The van der Waals surface area contributed by atoms with E-state index >= 15 is 0 Å². The monoisotopic (exact) mass is 359 g/mol. The molecule has 0 unspecified atom stereocenters. The molecule has 3 aromatic rings. The van der Waals surface area contributed by atoms with E-state index in [1.54, 1.807) is 41.7 Å². The summed E-state index contributed by atoms with van der Waals surface area (Å²) in [4.78, 5) is 26.2. The third kappa shape index (κ3) is 3.90. The largest absolute Gasteiger partial charge is 0.324 e. The Morgan fingerprint density at radius 1 is 1.17 bits per heavy atom. The first kappa shape index (κ1) is 16.4. The van der Waals surface area contributed by atoms with Crippen LogP contribution in [0, 0.1) is 6.92 Å². The van der Waals surface area contributed by atoms with Crippen LogP contribution in [0.2, 0.25) is 5.02 Å². The zero-order valence-electron chi connectivity index (χ0n) is 12.8. The Morgan fingerprint density at radius 3 is 2.58 bits per heavy atom. The summed E-state index contributed by atoms with van der Waals surface area (Å²) in [5.41, 5.74) is 0.966. The van der Waals surface area contributed by atoms with E-state index in [4.69, 9.17) is 11.6 Å². The van der Waals surface area contributed by atoms with Crippen LogP contribution in [-0.4, -0.2) is 15.7 Å². The van der Waals surface area contributed by atoms with Crippen molar-refractivity contribution in [3.63, 3.8) is 0 Å². The summed E-state index contributed by atoms with van der Waals surface area (Å²) in [5.74, 6) is -0.327. The van der Waals surface area contributed by atoms with Gasteiger partial charge in [-0.25, -0.2) is 4.68 Å². The van der Waals surface area contributed by atoms with Crippen LogP contribution in [0.25, 0.3) is 10.6 Å². The van der Waals surface area contributed by atoms with Gasteiger partial charge < -0.3 is 5.32 Å². The van der Waals surface area contributed by atoms with E-state index in [2.05, 4.69) is 10.4 Å². The van der Waals surface area contributed by atoms with Crippen molar-refractivity contribution in [1.29, 1.82) is 0 Å². The number of carbonyl (C=O) groups excluding carboxylic acids is 1. The van der Waals surface area contributed by atoms with Crippen molar-refractivity contribution < 1.29 is 4.79 Å². The van der Waals surface area contributed by atoms with Gasteiger partial charge in [0.2, 0.25) is 5.91 Å². The van der Waals surface area contributed by atoms with Crippen LogP contribution in [0.3, 0.4) is 0 Å². The number of thiophene rings is 1. The Morgan fingerprint density at radius 2 is 1.92 bits per heavy atom. The molecule has 0 saturated carbocycles. The van der Waals surface area contributed by atoms with Gasteiger partial charge in [0.05, 0.1) is 4.88 Å². The normalized spacial score (nSPS) is 10.6. The highest BCUT2D eigenvalue weighted by molar-refractivity contribution is 7.15. The molecule has 5 nitrogen and oxygen atoms in total. The highest BCUT2D eigenvalue weighted by Crippen LogP contribution is 2.25. The van der Waals surface area contributed by atoms with Crippen molar-refractivity contribution in [2.75, 3.05) is 5.32 Å². The Labute approximate surface area is 147 Å². The Bertz CT molecular complexity index is 932. The quantitative estimate of drug-likeness (QED) is 0.774. The molecular weight excluding hydrogens is 346 g/mol.